The van der Waals surface area contributed by atoms with Gasteiger partial charge in [0.05, 0.1) is 19.0 Å². The van der Waals surface area contributed by atoms with Crippen LogP contribution in [0, 0.1) is 6.92 Å². The predicted molar refractivity (Wildman–Crippen MR) is 122 cm³/mol. The van der Waals surface area contributed by atoms with Crippen molar-refractivity contribution in [3.63, 3.8) is 0 Å². The first-order chi connectivity index (χ1) is 16.5. The second kappa shape index (κ2) is 10.0. The Balaban J connectivity index is 1.44. The Morgan fingerprint density at radius 3 is 2.82 bits per heavy atom. The lowest BCUT2D eigenvalue weighted by Gasteiger charge is -2.12. The van der Waals surface area contributed by atoms with E-state index < -0.39 is 5.91 Å². The van der Waals surface area contributed by atoms with E-state index in [-0.39, 0.29) is 23.9 Å². The number of anilines is 1. The third-order valence-corrected chi connectivity index (χ3v) is 5.03. The number of rotatable bonds is 8. The van der Waals surface area contributed by atoms with Crippen LogP contribution in [0.15, 0.2) is 52.2 Å². The van der Waals surface area contributed by atoms with Crippen molar-refractivity contribution in [1.82, 2.24) is 30.7 Å². The van der Waals surface area contributed by atoms with E-state index in [1.807, 2.05) is 18.2 Å². The first-order valence-corrected chi connectivity index (χ1v) is 10.2. The monoisotopic (exact) mass is 482 g/mol. The molecule has 0 unspecified atom stereocenters. The van der Waals surface area contributed by atoms with Crippen LogP contribution in [0.25, 0.3) is 5.82 Å². The zero-order valence-electron chi connectivity index (χ0n) is 18.1. The molecular weight excluding hydrogens is 464 g/mol. The minimum atomic E-state index is -0.576. The van der Waals surface area contributed by atoms with Crippen molar-refractivity contribution in [1.29, 1.82) is 0 Å². The molecule has 3 N–H and O–H groups in total. The molecule has 0 bridgehead atoms. The van der Waals surface area contributed by atoms with Gasteiger partial charge in [-0.1, -0.05) is 35.0 Å². The Morgan fingerprint density at radius 2 is 2.09 bits per heavy atom. The van der Waals surface area contributed by atoms with Crippen molar-refractivity contribution in [3.05, 3.63) is 70.0 Å². The van der Waals surface area contributed by atoms with Crippen LogP contribution in [0.2, 0.25) is 5.02 Å². The highest BCUT2D eigenvalue weighted by atomic mass is 35.5. The van der Waals surface area contributed by atoms with E-state index in [1.54, 1.807) is 31.2 Å². The molecule has 0 fully saturated rings. The molecule has 0 spiro atoms. The molecule has 174 valence electrons. The van der Waals surface area contributed by atoms with Gasteiger partial charge in [-0.05, 0) is 47.1 Å². The van der Waals surface area contributed by atoms with Crippen molar-refractivity contribution < 1.29 is 18.9 Å². The molecule has 2 aromatic heterocycles. The Morgan fingerprint density at radius 1 is 1.26 bits per heavy atom. The fourth-order valence-corrected chi connectivity index (χ4v) is 3.17. The summed E-state index contributed by atoms with van der Waals surface area (Å²) in [6.07, 6.45) is 1.45. The minimum absolute atomic E-state index is 0.0357. The Labute approximate surface area is 198 Å². The number of halogens is 1. The van der Waals surface area contributed by atoms with E-state index in [0.717, 1.165) is 10.2 Å². The van der Waals surface area contributed by atoms with Crippen molar-refractivity contribution in [2.75, 3.05) is 12.8 Å². The molecule has 0 aliphatic rings. The van der Waals surface area contributed by atoms with Crippen LogP contribution in [-0.2, 0) is 6.61 Å². The van der Waals surface area contributed by atoms with Crippen molar-refractivity contribution in [2.45, 2.75) is 13.5 Å². The van der Waals surface area contributed by atoms with E-state index >= 15 is 0 Å². The van der Waals surface area contributed by atoms with Crippen molar-refractivity contribution in [2.24, 2.45) is 5.10 Å². The summed E-state index contributed by atoms with van der Waals surface area (Å²) in [5.74, 6) is 0.466. The number of nitrogens with zero attached hydrogens (tertiary/aromatic N) is 6. The zero-order chi connectivity index (χ0) is 24.1. The number of hydrogen-bond acceptors (Lipinski definition) is 10. The summed E-state index contributed by atoms with van der Waals surface area (Å²) in [6.45, 7) is 1.89. The van der Waals surface area contributed by atoms with Crippen LogP contribution in [0.3, 0.4) is 0 Å². The van der Waals surface area contributed by atoms with Gasteiger partial charge in [0, 0.05) is 10.6 Å². The predicted octanol–water partition coefficient (Wildman–Crippen LogP) is 2.55. The van der Waals surface area contributed by atoms with Crippen LogP contribution < -0.4 is 20.6 Å². The van der Waals surface area contributed by atoms with Gasteiger partial charge in [0.1, 0.15) is 6.61 Å². The highest BCUT2D eigenvalue weighted by Gasteiger charge is 2.22. The summed E-state index contributed by atoms with van der Waals surface area (Å²) in [5, 5.41) is 19.5. The topological polar surface area (TPSA) is 156 Å². The lowest BCUT2D eigenvalue weighted by Crippen LogP contribution is -2.22. The van der Waals surface area contributed by atoms with Gasteiger partial charge in [0.15, 0.2) is 17.2 Å². The molecule has 0 aliphatic heterocycles. The van der Waals surface area contributed by atoms with E-state index in [4.69, 9.17) is 26.8 Å². The molecule has 13 heteroatoms. The van der Waals surface area contributed by atoms with Gasteiger partial charge in [-0.2, -0.15) is 9.78 Å². The molecule has 4 rings (SSSR count). The van der Waals surface area contributed by atoms with Gasteiger partial charge in [-0.3, -0.25) is 4.79 Å². The third kappa shape index (κ3) is 4.81. The number of nitrogens with two attached hydrogens (primary N) is 1. The number of nitrogens with one attached hydrogen (secondary N) is 1. The van der Waals surface area contributed by atoms with E-state index in [9.17, 15) is 4.79 Å². The van der Waals surface area contributed by atoms with Crippen molar-refractivity contribution >= 4 is 29.5 Å². The highest BCUT2D eigenvalue weighted by Crippen LogP contribution is 2.29. The van der Waals surface area contributed by atoms with Gasteiger partial charge in [-0.25, -0.2) is 10.1 Å². The number of nitrogen functional groups attached to an aromatic ring is 1. The molecule has 1 amide bonds. The second-order valence-electron chi connectivity index (χ2n) is 6.90. The van der Waals surface area contributed by atoms with Crippen LogP contribution in [0.4, 0.5) is 5.82 Å². The summed E-state index contributed by atoms with van der Waals surface area (Å²) in [4.78, 5) is 12.7. The highest BCUT2D eigenvalue weighted by molar-refractivity contribution is 6.31. The largest absolute Gasteiger partial charge is 0.493 e. The first kappa shape index (κ1) is 22.7. The van der Waals surface area contributed by atoms with Gasteiger partial charge in [0.2, 0.25) is 11.6 Å². The summed E-state index contributed by atoms with van der Waals surface area (Å²) < 4.78 is 16.9. The molecule has 34 heavy (non-hydrogen) atoms. The van der Waals surface area contributed by atoms with E-state index in [0.29, 0.717) is 27.8 Å². The number of methoxy groups -OCH3 is 1. The standard InChI is InChI=1S/C21H19ClN8O4/c1-12-18(30(29-25-12)20-19(23)27-34-28-20)21(31)26-24-10-13-7-8-16(17(9-13)32-2)33-11-14-5-3-4-6-15(14)22/h3-10H,11H2,1-2H3,(H2,23,27)(H,26,31)/b24-10-. The molecule has 2 aromatic carbocycles. The van der Waals surface area contributed by atoms with Gasteiger partial charge < -0.3 is 15.2 Å². The Bertz CT molecular complexity index is 1350. The first-order valence-electron chi connectivity index (χ1n) is 9.86. The lowest BCUT2D eigenvalue weighted by molar-refractivity contribution is 0.0946. The zero-order valence-corrected chi connectivity index (χ0v) is 18.9. The summed E-state index contributed by atoms with van der Waals surface area (Å²) in [5.41, 5.74) is 10.1. The minimum Gasteiger partial charge on any atom is -0.493 e. The Kier molecular flexibility index (Phi) is 6.69. The van der Waals surface area contributed by atoms with Crippen LogP contribution >= 0.6 is 11.6 Å². The molecule has 4 aromatic rings. The fourth-order valence-electron chi connectivity index (χ4n) is 2.98. The molecule has 0 atom stereocenters. The van der Waals surface area contributed by atoms with Crippen molar-refractivity contribution in [3.8, 4) is 17.3 Å². The maximum atomic E-state index is 12.7. The number of ether oxygens (including phenoxy) is 2. The number of amides is 1. The van der Waals surface area contributed by atoms with E-state index in [2.05, 4.69) is 35.8 Å². The summed E-state index contributed by atoms with van der Waals surface area (Å²) in [6, 6.07) is 12.6. The van der Waals surface area contributed by atoms with Gasteiger partial charge in [0.25, 0.3) is 5.91 Å². The number of aryl methyl sites for hydroxylation is 1. The van der Waals surface area contributed by atoms with Crippen LogP contribution in [0.1, 0.15) is 27.3 Å². The van der Waals surface area contributed by atoms with Gasteiger partial charge >= 0.3 is 0 Å². The number of carbonyl (C=O) groups is 1. The lowest BCUT2D eigenvalue weighted by atomic mass is 10.2. The average molecular weight is 483 g/mol. The van der Waals surface area contributed by atoms with Crippen LogP contribution in [0.5, 0.6) is 11.5 Å². The molecule has 0 saturated heterocycles. The maximum Gasteiger partial charge on any atom is 0.292 e. The third-order valence-electron chi connectivity index (χ3n) is 4.66. The molecule has 12 nitrogen and oxygen atoms in total. The molecule has 0 aliphatic carbocycles. The summed E-state index contributed by atoms with van der Waals surface area (Å²) in [7, 11) is 1.53. The number of aromatic nitrogens is 5. The quantitative estimate of drug-likeness (QED) is 0.284. The smallest absolute Gasteiger partial charge is 0.292 e. The number of hydrazone groups is 1. The normalized spacial score (nSPS) is 11.0. The molecule has 0 radical (unpaired) electrons. The summed E-state index contributed by atoms with van der Waals surface area (Å²) >= 11 is 6.18. The fraction of sp³-hybridized carbons (Fsp3) is 0.143. The molecule has 0 saturated carbocycles. The number of benzene rings is 2. The SMILES string of the molecule is COc1cc(/C=N\NC(=O)c2c(C)nnn2-c2nonc2N)ccc1OCc1ccccc1Cl. The number of hydrogen-bond donors (Lipinski definition) is 2. The Hall–Kier alpha value is -4.45. The van der Waals surface area contributed by atoms with Crippen LogP contribution in [-0.4, -0.2) is 44.5 Å². The average Bonchev–Trinajstić information content (AvgIpc) is 3.43. The molecular formula is C21H19ClN8O4. The maximum absolute atomic E-state index is 12.7. The van der Waals surface area contributed by atoms with E-state index in [1.165, 1.54) is 13.3 Å². The second-order valence-corrected chi connectivity index (χ2v) is 7.31. The molecule has 2 heterocycles. The number of carbonyl (C=O) groups excluding carboxylic acids is 1. The van der Waals surface area contributed by atoms with Gasteiger partial charge in [-0.15, -0.1) is 5.10 Å².